The van der Waals surface area contributed by atoms with Crippen LogP contribution in [0.15, 0.2) is 72.8 Å². The number of nitrogens with zero attached hydrogens (tertiary/aromatic N) is 3. The van der Waals surface area contributed by atoms with Crippen LogP contribution < -0.4 is 14.5 Å². The van der Waals surface area contributed by atoms with E-state index in [0.29, 0.717) is 12.6 Å². The van der Waals surface area contributed by atoms with Crippen molar-refractivity contribution in [3.8, 4) is 5.75 Å². The van der Waals surface area contributed by atoms with Crippen LogP contribution in [0.1, 0.15) is 37.8 Å². The maximum absolute atomic E-state index is 6.17. The fourth-order valence-electron chi connectivity index (χ4n) is 5.05. The van der Waals surface area contributed by atoms with Crippen LogP contribution in [0.4, 0.5) is 17.1 Å². The molecule has 2 heterocycles. The third-order valence-electron chi connectivity index (χ3n) is 6.83. The quantitative estimate of drug-likeness (QED) is 0.420. The Labute approximate surface area is 205 Å². The fraction of sp³-hybridized carbons (Fsp3) is 0.400. The molecule has 34 heavy (non-hydrogen) atoms. The van der Waals surface area contributed by atoms with Gasteiger partial charge in [-0.25, -0.2) is 0 Å². The van der Waals surface area contributed by atoms with Crippen molar-refractivity contribution in [1.29, 1.82) is 0 Å². The Morgan fingerprint density at radius 2 is 1.68 bits per heavy atom. The molecule has 180 valence electrons. The second-order valence-electron chi connectivity index (χ2n) is 9.14. The lowest BCUT2D eigenvalue weighted by Gasteiger charge is -2.32. The van der Waals surface area contributed by atoms with Crippen LogP contribution >= 0.6 is 0 Å². The summed E-state index contributed by atoms with van der Waals surface area (Å²) in [6.07, 6.45) is 3.62. The summed E-state index contributed by atoms with van der Waals surface area (Å²) in [7, 11) is 4.21. The van der Waals surface area contributed by atoms with Gasteiger partial charge in [0.1, 0.15) is 12.4 Å². The molecular weight excluding hydrogens is 418 g/mol. The number of benzene rings is 3. The van der Waals surface area contributed by atoms with Crippen LogP contribution in [0.5, 0.6) is 5.75 Å². The summed E-state index contributed by atoms with van der Waals surface area (Å²) in [6.45, 7) is 7.91. The second kappa shape index (κ2) is 11.4. The van der Waals surface area contributed by atoms with Gasteiger partial charge in [0.05, 0.1) is 5.69 Å². The predicted octanol–water partition coefficient (Wildman–Crippen LogP) is 6.52. The average Bonchev–Trinajstić information content (AvgIpc) is 3.27. The molecule has 4 heteroatoms. The molecule has 0 bridgehead atoms. The number of hydrogen-bond acceptors (Lipinski definition) is 4. The molecule has 1 saturated heterocycles. The molecule has 2 aliphatic heterocycles. The molecule has 0 radical (unpaired) electrons. The molecular formula is C30H39N3O. The fourth-order valence-corrected chi connectivity index (χ4v) is 5.05. The molecule has 4 nitrogen and oxygen atoms in total. The number of fused-ring (bicyclic) bond motifs is 2. The van der Waals surface area contributed by atoms with Gasteiger partial charge in [0, 0.05) is 50.2 Å². The molecule has 5 rings (SSSR count). The third kappa shape index (κ3) is 5.39. The van der Waals surface area contributed by atoms with Crippen molar-refractivity contribution in [3.05, 3.63) is 83.9 Å². The van der Waals surface area contributed by atoms with Crippen molar-refractivity contribution >= 4 is 17.1 Å². The largest absolute Gasteiger partial charge is 0.487 e. The summed E-state index contributed by atoms with van der Waals surface area (Å²) in [5, 5.41) is 0. The molecule has 0 saturated carbocycles. The molecule has 0 unspecified atom stereocenters. The highest BCUT2D eigenvalue weighted by molar-refractivity contribution is 5.72. The van der Waals surface area contributed by atoms with Crippen molar-refractivity contribution in [3.63, 3.8) is 0 Å². The van der Waals surface area contributed by atoms with Crippen LogP contribution in [0.25, 0.3) is 0 Å². The summed E-state index contributed by atoms with van der Waals surface area (Å²) >= 11 is 0. The van der Waals surface area contributed by atoms with Gasteiger partial charge in [-0.2, -0.15) is 0 Å². The van der Waals surface area contributed by atoms with E-state index in [0.717, 1.165) is 25.3 Å². The summed E-state index contributed by atoms with van der Waals surface area (Å²) in [6, 6.07) is 26.7. The maximum atomic E-state index is 6.17. The molecule has 0 amide bonds. The van der Waals surface area contributed by atoms with Crippen LogP contribution in [-0.4, -0.2) is 44.7 Å². The molecule has 2 aliphatic rings. The van der Waals surface area contributed by atoms with Crippen molar-refractivity contribution in [2.24, 2.45) is 0 Å². The average molecular weight is 458 g/mol. The van der Waals surface area contributed by atoms with E-state index in [1.807, 2.05) is 13.8 Å². The summed E-state index contributed by atoms with van der Waals surface area (Å²) in [5.41, 5.74) is 6.42. The lowest BCUT2D eigenvalue weighted by molar-refractivity contribution is 0.261. The van der Waals surface area contributed by atoms with Gasteiger partial charge in [-0.3, -0.25) is 4.90 Å². The topological polar surface area (TPSA) is 19.0 Å². The lowest BCUT2D eigenvalue weighted by atomic mass is 10.1. The van der Waals surface area contributed by atoms with Gasteiger partial charge in [-0.15, -0.1) is 0 Å². The summed E-state index contributed by atoms with van der Waals surface area (Å²) < 4.78 is 6.17. The number of rotatable bonds is 6. The number of likely N-dealkylation sites (tertiary alicyclic amines) is 1. The standard InChI is InChI=1S/C28H33N3O.C2H6/c1-29(2)24-11-7-9-22(19-24)16-18-30-17-8-12-25(30)20-31-26-13-4-3-10-23(26)21-32-28-15-6-5-14-27(28)31;1-2/h3-7,9-11,13-15,19,25H,8,12,16-18,20-21H2,1-2H3;1-2H3/t25-;/m1./s1. The smallest absolute Gasteiger partial charge is 0.143 e. The number of hydrogen-bond donors (Lipinski definition) is 0. The highest BCUT2D eigenvalue weighted by atomic mass is 16.5. The van der Waals surface area contributed by atoms with Gasteiger partial charge in [0.25, 0.3) is 0 Å². The minimum Gasteiger partial charge on any atom is -0.487 e. The van der Waals surface area contributed by atoms with Gasteiger partial charge >= 0.3 is 0 Å². The van der Waals surface area contributed by atoms with E-state index >= 15 is 0 Å². The van der Waals surface area contributed by atoms with Crippen LogP contribution in [-0.2, 0) is 13.0 Å². The molecule has 3 aromatic carbocycles. The van der Waals surface area contributed by atoms with Crippen LogP contribution in [0, 0.1) is 0 Å². The highest BCUT2D eigenvalue weighted by Crippen LogP contribution is 2.40. The van der Waals surface area contributed by atoms with E-state index in [-0.39, 0.29) is 0 Å². The Hall–Kier alpha value is -2.98. The second-order valence-corrected chi connectivity index (χ2v) is 9.14. The maximum Gasteiger partial charge on any atom is 0.143 e. The number of para-hydroxylation sites is 3. The number of anilines is 3. The van der Waals surface area contributed by atoms with Crippen LogP contribution in [0.2, 0.25) is 0 Å². The Bertz CT molecular complexity index is 1020. The van der Waals surface area contributed by atoms with Gasteiger partial charge in [-0.05, 0) is 61.7 Å². The first-order chi connectivity index (χ1) is 16.7. The van der Waals surface area contributed by atoms with E-state index in [1.165, 1.54) is 47.6 Å². The molecule has 0 aromatic heterocycles. The first-order valence-electron chi connectivity index (χ1n) is 12.8. The zero-order valence-corrected chi connectivity index (χ0v) is 21.2. The first-order valence-corrected chi connectivity index (χ1v) is 12.8. The van der Waals surface area contributed by atoms with Gasteiger partial charge in [0.15, 0.2) is 0 Å². The van der Waals surface area contributed by atoms with Crippen molar-refractivity contribution in [1.82, 2.24) is 4.90 Å². The Balaban J connectivity index is 0.00000133. The Kier molecular flexibility index (Phi) is 8.12. The Morgan fingerprint density at radius 1 is 0.912 bits per heavy atom. The highest BCUT2D eigenvalue weighted by Gasteiger charge is 2.29. The zero-order chi connectivity index (χ0) is 23.9. The van der Waals surface area contributed by atoms with E-state index in [4.69, 9.17) is 4.74 Å². The number of ether oxygens (including phenoxy) is 1. The molecule has 1 atom stereocenters. The molecule has 0 N–H and O–H groups in total. The normalized spacial score (nSPS) is 17.1. The first kappa shape index (κ1) is 24.2. The lowest BCUT2D eigenvalue weighted by Crippen LogP contribution is -2.39. The summed E-state index contributed by atoms with van der Waals surface area (Å²) in [4.78, 5) is 7.37. The van der Waals surface area contributed by atoms with Gasteiger partial charge < -0.3 is 14.5 Å². The molecule has 3 aromatic rings. The van der Waals surface area contributed by atoms with E-state index in [9.17, 15) is 0 Å². The van der Waals surface area contributed by atoms with Gasteiger partial charge in [-0.1, -0.05) is 56.3 Å². The third-order valence-corrected chi connectivity index (χ3v) is 6.83. The van der Waals surface area contributed by atoms with Crippen LogP contribution in [0.3, 0.4) is 0 Å². The van der Waals surface area contributed by atoms with Crippen molar-refractivity contribution in [2.45, 2.75) is 45.8 Å². The predicted molar refractivity (Wildman–Crippen MR) is 145 cm³/mol. The van der Waals surface area contributed by atoms with E-state index < -0.39 is 0 Å². The van der Waals surface area contributed by atoms with E-state index in [1.54, 1.807) is 0 Å². The van der Waals surface area contributed by atoms with Gasteiger partial charge in [0.2, 0.25) is 0 Å². The monoisotopic (exact) mass is 457 g/mol. The SMILES string of the molecule is CC.CN(C)c1cccc(CCN2CCC[C@@H]2CN2c3ccccc3COc3ccccc32)c1. The molecule has 0 aliphatic carbocycles. The van der Waals surface area contributed by atoms with Crippen molar-refractivity contribution < 1.29 is 4.74 Å². The van der Waals surface area contributed by atoms with E-state index in [2.05, 4.69) is 102 Å². The molecule has 0 spiro atoms. The zero-order valence-electron chi connectivity index (χ0n) is 21.2. The molecule has 1 fully saturated rings. The Morgan fingerprint density at radius 3 is 2.50 bits per heavy atom. The van der Waals surface area contributed by atoms with Crippen molar-refractivity contribution in [2.75, 3.05) is 43.5 Å². The summed E-state index contributed by atoms with van der Waals surface area (Å²) in [5.74, 6) is 0.980. The minimum absolute atomic E-state index is 0.547. The minimum atomic E-state index is 0.547.